The summed E-state index contributed by atoms with van der Waals surface area (Å²) >= 11 is 1.80. The molecule has 4 heteroatoms. The molecule has 2 aromatic rings. The summed E-state index contributed by atoms with van der Waals surface area (Å²) in [7, 11) is 0. The highest BCUT2D eigenvalue weighted by Gasteiger charge is 2.19. The minimum atomic E-state index is 0.376. The molecule has 26 heavy (non-hydrogen) atoms. The van der Waals surface area contributed by atoms with E-state index in [1.807, 2.05) is 0 Å². The first-order valence-corrected chi connectivity index (χ1v) is 10.2. The van der Waals surface area contributed by atoms with E-state index in [0.717, 1.165) is 28.7 Å². The molecule has 0 amide bonds. The summed E-state index contributed by atoms with van der Waals surface area (Å²) in [6, 6.07) is 8.98. The van der Waals surface area contributed by atoms with Crippen LogP contribution in [-0.2, 0) is 0 Å². The van der Waals surface area contributed by atoms with Gasteiger partial charge in [0.05, 0.1) is 6.04 Å². The molecule has 0 saturated heterocycles. The number of rotatable bonds is 5. The standard InChI is InChI=1S/C22H27N3S/c1-6-15(2)11-21-24-20(22-23-18(5)14-26-22)13-25(21)12-17(4)19-9-7-8-16(3)10-19/h7-13,18H,6,14H2,1-5H3/b15-11-,17-12+. The number of allylic oxidation sites excluding steroid dienone is 2. The minimum Gasteiger partial charge on any atom is -0.306 e. The number of aryl methyl sites for hydroxylation is 1. The lowest BCUT2D eigenvalue weighted by atomic mass is 10.1. The highest BCUT2D eigenvalue weighted by Crippen LogP contribution is 2.25. The molecular formula is C22H27N3S. The molecule has 0 saturated carbocycles. The predicted molar refractivity (Wildman–Crippen MR) is 116 cm³/mol. The van der Waals surface area contributed by atoms with Gasteiger partial charge in [0, 0.05) is 18.1 Å². The molecule has 3 rings (SSSR count). The zero-order valence-electron chi connectivity index (χ0n) is 16.3. The van der Waals surface area contributed by atoms with Gasteiger partial charge in [0.1, 0.15) is 16.6 Å². The summed E-state index contributed by atoms with van der Waals surface area (Å²) in [6.45, 7) is 10.8. The van der Waals surface area contributed by atoms with Gasteiger partial charge >= 0.3 is 0 Å². The van der Waals surface area contributed by atoms with Gasteiger partial charge in [-0.15, -0.1) is 11.8 Å². The second kappa shape index (κ2) is 8.09. The monoisotopic (exact) mass is 365 g/mol. The van der Waals surface area contributed by atoms with Gasteiger partial charge in [-0.1, -0.05) is 42.3 Å². The maximum Gasteiger partial charge on any atom is 0.137 e. The molecule has 0 radical (unpaired) electrons. The maximum atomic E-state index is 4.87. The molecule has 1 unspecified atom stereocenters. The van der Waals surface area contributed by atoms with Crippen LogP contribution in [-0.4, -0.2) is 26.4 Å². The SMILES string of the molecule is CC/C(C)=C\c1nc(C2=NC(C)CS2)cn1/C=C(\C)c1cccc(C)c1. The van der Waals surface area contributed by atoms with Crippen LogP contribution in [0.2, 0.25) is 0 Å². The fourth-order valence-electron chi connectivity index (χ4n) is 2.83. The van der Waals surface area contributed by atoms with E-state index in [9.17, 15) is 0 Å². The van der Waals surface area contributed by atoms with Crippen LogP contribution in [0, 0.1) is 6.92 Å². The number of aliphatic imine (C=N–C) groups is 1. The third kappa shape index (κ3) is 4.36. The fraction of sp³-hybridized carbons (Fsp3) is 0.364. The van der Waals surface area contributed by atoms with Crippen LogP contribution in [0.5, 0.6) is 0 Å². The van der Waals surface area contributed by atoms with Crippen molar-refractivity contribution in [2.24, 2.45) is 4.99 Å². The van der Waals surface area contributed by atoms with Crippen molar-refractivity contribution in [3.8, 4) is 0 Å². The number of thioether (sulfide) groups is 1. The van der Waals surface area contributed by atoms with Gasteiger partial charge in [0.15, 0.2) is 0 Å². The van der Waals surface area contributed by atoms with E-state index in [1.54, 1.807) is 11.8 Å². The highest BCUT2D eigenvalue weighted by atomic mass is 32.2. The summed E-state index contributed by atoms with van der Waals surface area (Å²) < 4.78 is 2.14. The van der Waals surface area contributed by atoms with E-state index in [-0.39, 0.29) is 0 Å². The summed E-state index contributed by atoms with van der Waals surface area (Å²) in [4.78, 5) is 9.59. The van der Waals surface area contributed by atoms with Crippen molar-refractivity contribution in [2.75, 3.05) is 5.75 Å². The molecule has 1 aliphatic heterocycles. The summed E-state index contributed by atoms with van der Waals surface area (Å²) in [5.41, 5.74) is 6.02. The van der Waals surface area contributed by atoms with Crippen LogP contribution in [0.1, 0.15) is 56.8 Å². The van der Waals surface area contributed by atoms with Gasteiger partial charge in [-0.05, 0) is 51.3 Å². The Morgan fingerprint density at radius 2 is 2.15 bits per heavy atom. The molecule has 1 aliphatic rings. The van der Waals surface area contributed by atoms with Crippen LogP contribution in [0.3, 0.4) is 0 Å². The molecule has 136 valence electrons. The van der Waals surface area contributed by atoms with E-state index in [4.69, 9.17) is 9.98 Å². The van der Waals surface area contributed by atoms with E-state index in [1.165, 1.54) is 22.3 Å². The first-order valence-electron chi connectivity index (χ1n) is 9.18. The largest absolute Gasteiger partial charge is 0.306 e. The predicted octanol–water partition coefficient (Wildman–Crippen LogP) is 5.90. The highest BCUT2D eigenvalue weighted by molar-refractivity contribution is 8.14. The summed E-state index contributed by atoms with van der Waals surface area (Å²) in [6.07, 6.45) is 7.48. The average molecular weight is 366 g/mol. The van der Waals surface area contributed by atoms with E-state index in [2.05, 4.69) is 81.9 Å². The van der Waals surface area contributed by atoms with Crippen molar-refractivity contribution in [2.45, 2.75) is 47.1 Å². The van der Waals surface area contributed by atoms with Gasteiger partial charge in [-0.3, -0.25) is 4.99 Å². The van der Waals surface area contributed by atoms with Crippen molar-refractivity contribution in [3.05, 3.63) is 58.7 Å². The lowest BCUT2D eigenvalue weighted by Gasteiger charge is -2.05. The fourth-order valence-corrected chi connectivity index (χ4v) is 3.81. The number of hydrogen-bond acceptors (Lipinski definition) is 3. The van der Waals surface area contributed by atoms with Crippen LogP contribution in [0.15, 0.2) is 41.0 Å². The topological polar surface area (TPSA) is 30.2 Å². The van der Waals surface area contributed by atoms with Crippen molar-refractivity contribution in [3.63, 3.8) is 0 Å². The average Bonchev–Trinajstić information content (AvgIpc) is 3.21. The van der Waals surface area contributed by atoms with Crippen molar-refractivity contribution < 1.29 is 0 Å². The van der Waals surface area contributed by atoms with Gasteiger partial charge in [-0.2, -0.15) is 0 Å². The smallest absolute Gasteiger partial charge is 0.137 e. The molecule has 3 nitrogen and oxygen atoms in total. The quantitative estimate of drug-likeness (QED) is 0.660. The Bertz CT molecular complexity index is 887. The Hall–Kier alpha value is -2.07. The number of aromatic nitrogens is 2. The maximum absolute atomic E-state index is 4.87. The number of hydrogen-bond donors (Lipinski definition) is 0. The van der Waals surface area contributed by atoms with Crippen LogP contribution < -0.4 is 0 Å². The van der Waals surface area contributed by atoms with Crippen molar-refractivity contribution in [1.82, 2.24) is 9.55 Å². The van der Waals surface area contributed by atoms with Crippen LogP contribution in [0.4, 0.5) is 0 Å². The zero-order chi connectivity index (χ0) is 18.7. The molecule has 0 bridgehead atoms. The van der Waals surface area contributed by atoms with Gasteiger partial charge in [0.25, 0.3) is 0 Å². The molecule has 2 heterocycles. The summed E-state index contributed by atoms with van der Waals surface area (Å²) in [5, 5.41) is 1.06. The van der Waals surface area contributed by atoms with Gasteiger partial charge in [0.2, 0.25) is 0 Å². The van der Waals surface area contributed by atoms with Crippen molar-refractivity contribution in [1.29, 1.82) is 0 Å². The van der Waals surface area contributed by atoms with Crippen LogP contribution in [0.25, 0.3) is 17.8 Å². The third-order valence-electron chi connectivity index (χ3n) is 4.52. The molecule has 0 N–H and O–H groups in total. The molecule has 1 aromatic carbocycles. The normalized spacial score (nSPS) is 18.3. The Labute approximate surface area is 161 Å². The van der Waals surface area contributed by atoms with Gasteiger partial charge in [-0.25, -0.2) is 4.98 Å². The number of nitrogens with zero attached hydrogens (tertiary/aromatic N) is 3. The van der Waals surface area contributed by atoms with Crippen LogP contribution >= 0.6 is 11.8 Å². The van der Waals surface area contributed by atoms with E-state index in [0.29, 0.717) is 6.04 Å². The first kappa shape index (κ1) is 18.7. The van der Waals surface area contributed by atoms with Gasteiger partial charge < -0.3 is 4.57 Å². The first-order chi connectivity index (χ1) is 12.5. The third-order valence-corrected chi connectivity index (χ3v) is 5.76. The Kier molecular flexibility index (Phi) is 5.82. The Balaban J connectivity index is 2.02. The molecule has 1 aromatic heterocycles. The Morgan fingerprint density at radius 1 is 1.35 bits per heavy atom. The van der Waals surface area contributed by atoms with Crippen molar-refractivity contribution >= 4 is 34.7 Å². The number of imidazole rings is 1. The molecular weight excluding hydrogens is 338 g/mol. The second-order valence-corrected chi connectivity index (χ2v) is 8.02. The zero-order valence-corrected chi connectivity index (χ0v) is 17.1. The Morgan fingerprint density at radius 3 is 2.81 bits per heavy atom. The minimum absolute atomic E-state index is 0.376. The lowest BCUT2D eigenvalue weighted by molar-refractivity contribution is 0.865. The molecule has 0 aliphatic carbocycles. The molecule has 1 atom stereocenters. The van der Waals surface area contributed by atoms with E-state index >= 15 is 0 Å². The lowest BCUT2D eigenvalue weighted by Crippen LogP contribution is -1.93. The van der Waals surface area contributed by atoms with E-state index < -0.39 is 0 Å². The number of benzene rings is 1. The summed E-state index contributed by atoms with van der Waals surface area (Å²) in [5.74, 6) is 2.01. The molecule has 0 fully saturated rings. The second-order valence-electron chi connectivity index (χ2n) is 7.01. The molecule has 0 spiro atoms.